The number of hydrogen-bond donors (Lipinski definition) is 1. The lowest BCUT2D eigenvalue weighted by molar-refractivity contribution is -0.111. The summed E-state index contributed by atoms with van der Waals surface area (Å²) in [6.45, 7) is 9.65. The van der Waals surface area contributed by atoms with Crippen LogP contribution in [-0.4, -0.2) is 48.5 Å². The molecule has 0 aliphatic carbocycles. The molecule has 2 aromatic carbocycles. The van der Waals surface area contributed by atoms with Gasteiger partial charge in [0.15, 0.2) is 0 Å². The highest BCUT2D eigenvalue weighted by Gasteiger charge is 2.16. The van der Waals surface area contributed by atoms with Crippen molar-refractivity contribution in [3.63, 3.8) is 0 Å². The summed E-state index contributed by atoms with van der Waals surface area (Å²) in [6.07, 6.45) is 5.16. The van der Waals surface area contributed by atoms with Crippen LogP contribution in [0.5, 0.6) is 0 Å². The fourth-order valence-electron chi connectivity index (χ4n) is 3.91. The van der Waals surface area contributed by atoms with Crippen LogP contribution in [0.2, 0.25) is 0 Å². The molecular weight excluding hydrogens is 372 g/mol. The number of carbonyl (C=O) groups excluding carboxylic acids is 1. The lowest BCUT2D eigenvalue weighted by atomic mass is 10.1. The van der Waals surface area contributed by atoms with Crippen LogP contribution in [0.3, 0.4) is 0 Å². The number of anilines is 2. The molecule has 1 saturated heterocycles. The molecule has 0 radical (unpaired) electrons. The number of aryl methyl sites for hydroxylation is 1. The topological polar surface area (TPSA) is 48.5 Å². The van der Waals surface area contributed by atoms with Gasteiger partial charge in [0, 0.05) is 60.8 Å². The molecule has 30 heavy (non-hydrogen) atoms. The predicted molar refractivity (Wildman–Crippen MR) is 125 cm³/mol. The van der Waals surface area contributed by atoms with Gasteiger partial charge < -0.3 is 15.1 Å². The van der Waals surface area contributed by atoms with Gasteiger partial charge in [-0.15, -0.1) is 0 Å². The first-order chi connectivity index (χ1) is 14.6. The third-order valence-electron chi connectivity index (χ3n) is 5.73. The number of benzene rings is 2. The molecule has 1 amide bonds. The van der Waals surface area contributed by atoms with Crippen LogP contribution < -0.4 is 10.2 Å². The molecule has 1 aliphatic heterocycles. The Morgan fingerprint density at radius 2 is 1.90 bits per heavy atom. The lowest BCUT2D eigenvalue weighted by Gasteiger charge is -2.35. The first-order valence-electron chi connectivity index (χ1n) is 10.5. The summed E-state index contributed by atoms with van der Waals surface area (Å²) < 4.78 is 0. The zero-order valence-corrected chi connectivity index (χ0v) is 17.6. The number of hydrogen-bond acceptors (Lipinski definition) is 4. The molecule has 1 aliphatic rings. The van der Waals surface area contributed by atoms with Crippen molar-refractivity contribution < 1.29 is 4.79 Å². The summed E-state index contributed by atoms with van der Waals surface area (Å²) in [5, 5.41) is 4.06. The van der Waals surface area contributed by atoms with E-state index in [0.29, 0.717) is 0 Å². The number of fused-ring (bicyclic) bond motifs is 1. The quantitative estimate of drug-likeness (QED) is 0.648. The van der Waals surface area contributed by atoms with E-state index in [0.717, 1.165) is 60.4 Å². The number of piperazine rings is 1. The second-order valence-corrected chi connectivity index (χ2v) is 7.67. The summed E-state index contributed by atoms with van der Waals surface area (Å²) >= 11 is 0. The molecule has 0 spiro atoms. The number of para-hydroxylation sites is 1. The van der Waals surface area contributed by atoms with Crippen molar-refractivity contribution in [2.75, 3.05) is 42.9 Å². The van der Waals surface area contributed by atoms with Crippen molar-refractivity contribution in [1.29, 1.82) is 0 Å². The van der Waals surface area contributed by atoms with Crippen LogP contribution in [0.4, 0.5) is 11.4 Å². The van der Waals surface area contributed by atoms with Gasteiger partial charge in [0.25, 0.3) is 0 Å². The number of aromatic nitrogens is 1. The van der Waals surface area contributed by atoms with E-state index < -0.39 is 0 Å². The Morgan fingerprint density at radius 3 is 2.67 bits per heavy atom. The molecule has 0 saturated carbocycles. The normalized spacial score (nSPS) is 15.1. The number of nitrogens with zero attached hydrogens (tertiary/aromatic N) is 3. The van der Waals surface area contributed by atoms with Gasteiger partial charge in [0.1, 0.15) is 0 Å². The Bertz CT molecular complexity index is 1060. The predicted octanol–water partition coefficient (Wildman–Crippen LogP) is 4.34. The van der Waals surface area contributed by atoms with E-state index >= 15 is 0 Å². The van der Waals surface area contributed by atoms with Crippen LogP contribution in [0, 0.1) is 6.92 Å². The average Bonchev–Trinajstić information content (AvgIpc) is 2.79. The van der Waals surface area contributed by atoms with Crippen LogP contribution in [-0.2, 0) is 4.79 Å². The van der Waals surface area contributed by atoms with Crippen molar-refractivity contribution in [3.05, 3.63) is 71.9 Å². The van der Waals surface area contributed by atoms with E-state index in [1.807, 2.05) is 49.4 Å². The number of pyridine rings is 1. The summed E-state index contributed by atoms with van der Waals surface area (Å²) in [7, 11) is 0. The fourth-order valence-corrected chi connectivity index (χ4v) is 3.91. The molecule has 3 aromatic rings. The van der Waals surface area contributed by atoms with E-state index in [4.69, 9.17) is 0 Å². The highest BCUT2D eigenvalue weighted by atomic mass is 16.1. The van der Waals surface area contributed by atoms with Gasteiger partial charge in [0.2, 0.25) is 5.91 Å². The first kappa shape index (κ1) is 20.1. The largest absolute Gasteiger partial charge is 0.369 e. The smallest absolute Gasteiger partial charge is 0.248 e. The van der Waals surface area contributed by atoms with Gasteiger partial charge in [-0.2, -0.15) is 0 Å². The van der Waals surface area contributed by atoms with Crippen LogP contribution in [0.1, 0.15) is 18.1 Å². The highest BCUT2D eigenvalue weighted by molar-refractivity contribution is 6.03. The Labute approximate surface area is 178 Å². The van der Waals surface area contributed by atoms with Crippen LogP contribution >= 0.6 is 0 Å². The Kier molecular flexibility index (Phi) is 6.10. The third kappa shape index (κ3) is 4.52. The fraction of sp³-hybridized carbons (Fsp3) is 0.280. The minimum absolute atomic E-state index is 0.143. The van der Waals surface area contributed by atoms with E-state index in [2.05, 4.69) is 39.2 Å². The van der Waals surface area contributed by atoms with Gasteiger partial charge in [-0.25, -0.2) is 0 Å². The Hall–Kier alpha value is -3.18. The van der Waals surface area contributed by atoms with Crippen LogP contribution in [0.25, 0.3) is 17.0 Å². The zero-order chi connectivity index (χ0) is 20.9. The number of amides is 1. The Balaban J connectivity index is 1.42. The number of carbonyl (C=O) groups is 1. The van der Waals surface area contributed by atoms with Gasteiger partial charge in [-0.1, -0.05) is 31.2 Å². The molecule has 154 valence electrons. The molecule has 1 N–H and O–H groups in total. The van der Waals surface area contributed by atoms with Gasteiger partial charge in [0.05, 0.1) is 5.52 Å². The van der Waals surface area contributed by atoms with Crippen molar-refractivity contribution in [3.8, 4) is 0 Å². The standard InChI is InChI=1S/C25H28N4O/c1-3-28-14-16-29(17-15-28)22-10-11-23(19(2)18-22)27-24(30)12-9-21-7-4-6-20-8-5-13-26-25(20)21/h4-13,18H,3,14-17H2,1-2H3,(H,27,30)/b12-9+. The van der Waals surface area contributed by atoms with Crippen molar-refractivity contribution in [2.45, 2.75) is 13.8 Å². The SMILES string of the molecule is CCN1CCN(c2ccc(NC(=O)/C=C/c3cccc4cccnc34)c(C)c2)CC1. The molecule has 1 fully saturated rings. The molecule has 2 heterocycles. The summed E-state index contributed by atoms with van der Waals surface area (Å²) in [6, 6.07) is 16.2. The van der Waals surface area contributed by atoms with E-state index in [9.17, 15) is 4.79 Å². The molecular formula is C25H28N4O. The van der Waals surface area contributed by atoms with E-state index in [1.165, 1.54) is 5.69 Å². The van der Waals surface area contributed by atoms with E-state index in [-0.39, 0.29) is 5.91 Å². The molecule has 5 heteroatoms. The second-order valence-electron chi connectivity index (χ2n) is 7.67. The highest BCUT2D eigenvalue weighted by Crippen LogP contribution is 2.24. The lowest BCUT2D eigenvalue weighted by Crippen LogP contribution is -2.46. The number of nitrogens with one attached hydrogen (secondary N) is 1. The van der Waals surface area contributed by atoms with Gasteiger partial charge in [-0.3, -0.25) is 9.78 Å². The summed E-state index contributed by atoms with van der Waals surface area (Å²) in [4.78, 5) is 21.8. The van der Waals surface area contributed by atoms with Gasteiger partial charge >= 0.3 is 0 Å². The molecule has 0 bridgehead atoms. The maximum Gasteiger partial charge on any atom is 0.248 e. The average molecular weight is 401 g/mol. The summed E-state index contributed by atoms with van der Waals surface area (Å²) in [5.74, 6) is -0.143. The second kappa shape index (κ2) is 9.09. The first-order valence-corrected chi connectivity index (χ1v) is 10.5. The third-order valence-corrected chi connectivity index (χ3v) is 5.73. The monoisotopic (exact) mass is 400 g/mol. The number of likely N-dealkylation sites (N-methyl/N-ethyl adjacent to an activating group) is 1. The maximum atomic E-state index is 12.5. The molecule has 4 rings (SSSR count). The zero-order valence-electron chi connectivity index (χ0n) is 17.6. The molecule has 0 unspecified atom stereocenters. The summed E-state index contributed by atoms with van der Waals surface area (Å²) in [5.41, 5.74) is 4.96. The molecule has 1 aromatic heterocycles. The minimum Gasteiger partial charge on any atom is -0.369 e. The van der Waals surface area contributed by atoms with Crippen LogP contribution in [0.15, 0.2) is 60.8 Å². The van der Waals surface area contributed by atoms with Crippen molar-refractivity contribution in [2.24, 2.45) is 0 Å². The molecule has 0 atom stereocenters. The van der Waals surface area contributed by atoms with Crippen molar-refractivity contribution >= 4 is 34.3 Å². The number of rotatable bonds is 5. The Morgan fingerprint density at radius 1 is 1.10 bits per heavy atom. The minimum atomic E-state index is -0.143. The van der Waals surface area contributed by atoms with E-state index in [1.54, 1.807) is 12.3 Å². The van der Waals surface area contributed by atoms with Gasteiger partial charge in [-0.05, 0) is 49.4 Å². The maximum absolute atomic E-state index is 12.5. The van der Waals surface area contributed by atoms with Crippen molar-refractivity contribution in [1.82, 2.24) is 9.88 Å². The molecule has 5 nitrogen and oxygen atoms in total.